The lowest BCUT2D eigenvalue weighted by molar-refractivity contribution is 1.19. The van der Waals surface area contributed by atoms with Crippen LogP contribution in [0.2, 0.25) is 0 Å². The second kappa shape index (κ2) is 13.4. The van der Waals surface area contributed by atoms with Crippen molar-refractivity contribution in [2.75, 3.05) is 4.90 Å². The predicted octanol–water partition coefficient (Wildman–Crippen LogP) is 14.4. The van der Waals surface area contributed by atoms with Gasteiger partial charge in [-0.05, 0) is 99.4 Å². The van der Waals surface area contributed by atoms with Gasteiger partial charge in [0.1, 0.15) is 0 Å². The molecule has 10 aromatic rings. The fourth-order valence-electron chi connectivity index (χ4n) is 8.06. The van der Waals surface area contributed by atoms with Crippen molar-refractivity contribution < 1.29 is 0 Å². The molecule has 0 bridgehead atoms. The Hall–Kier alpha value is -7.16. The number of aromatic nitrogens is 1. The van der Waals surface area contributed by atoms with Crippen LogP contribution in [-0.4, -0.2) is 4.57 Å². The largest absolute Gasteiger partial charge is 0.310 e. The normalized spacial score (nSPS) is 11.3. The zero-order valence-corrected chi connectivity index (χ0v) is 29.7. The van der Waals surface area contributed by atoms with Crippen molar-refractivity contribution in [2.45, 2.75) is 0 Å². The van der Waals surface area contributed by atoms with Gasteiger partial charge in [0, 0.05) is 38.9 Å². The Kier molecular flexibility index (Phi) is 7.85. The summed E-state index contributed by atoms with van der Waals surface area (Å²) in [6.07, 6.45) is 0. The van der Waals surface area contributed by atoms with Crippen LogP contribution in [0.25, 0.3) is 71.6 Å². The van der Waals surface area contributed by atoms with Gasteiger partial charge in [-0.25, -0.2) is 0 Å². The molecule has 0 saturated carbocycles. The van der Waals surface area contributed by atoms with Crippen LogP contribution >= 0.6 is 0 Å². The molecule has 0 unspecified atom stereocenters. The standard InChI is InChI=1S/C52H36N2/c1-4-15-37(16-5-1)40-18-12-19-41(35-40)38-29-32-45(33-30-38)53(43-21-6-2-7-22-43)46-25-13-20-42(36-46)47-27-14-28-50-51(47)49-34-31-39-17-10-11-26-48(39)52(49)54(50)44-23-8-3-9-24-44/h1-36H. The van der Waals surface area contributed by atoms with Crippen LogP contribution in [0.1, 0.15) is 0 Å². The number of para-hydroxylation sites is 2. The summed E-state index contributed by atoms with van der Waals surface area (Å²) in [4.78, 5) is 2.36. The van der Waals surface area contributed by atoms with Gasteiger partial charge in [0.25, 0.3) is 0 Å². The maximum Gasteiger partial charge on any atom is 0.0619 e. The molecule has 0 N–H and O–H groups in total. The van der Waals surface area contributed by atoms with Crippen LogP contribution in [0.4, 0.5) is 17.1 Å². The third kappa shape index (κ3) is 5.53. The molecule has 1 heterocycles. The van der Waals surface area contributed by atoms with Crippen LogP contribution in [0.5, 0.6) is 0 Å². The minimum atomic E-state index is 1.10. The van der Waals surface area contributed by atoms with Gasteiger partial charge in [0.15, 0.2) is 0 Å². The van der Waals surface area contributed by atoms with Gasteiger partial charge in [0.05, 0.1) is 11.0 Å². The predicted molar refractivity (Wildman–Crippen MR) is 229 cm³/mol. The molecule has 0 saturated heterocycles. The molecular formula is C52H36N2. The molecule has 9 aromatic carbocycles. The second-order valence-corrected chi connectivity index (χ2v) is 13.8. The lowest BCUT2D eigenvalue weighted by atomic mass is 9.97. The summed E-state index contributed by atoms with van der Waals surface area (Å²) in [7, 11) is 0. The van der Waals surface area contributed by atoms with Gasteiger partial charge < -0.3 is 9.47 Å². The molecule has 2 heteroatoms. The lowest BCUT2D eigenvalue weighted by Gasteiger charge is -2.26. The first kappa shape index (κ1) is 31.6. The molecule has 1 aromatic heterocycles. The molecule has 0 radical (unpaired) electrons. The van der Waals surface area contributed by atoms with Crippen LogP contribution in [-0.2, 0) is 0 Å². The van der Waals surface area contributed by atoms with Gasteiger partial charge >= 0.3 is 0 Å². The maximum absolute atomic E-state index is 2.44. The average molecular weight is 689 g/mol. The molecule has 0 amide bonds. The van der Waals surface area contributed by atoms with E-state index in [1.54, 1.807) is 0 Å². The van der Waals surface area contributed by atoms with Crippen molar-refractivity contribution >= 4 is 49.6 Å². The minimum absolute atomic E-state index is 1.10. The third-order valence-corrected chi connectivity index (χ3v) is 10.5. The molecule has 0 aliphatic heterocycles. The van der Waals surface area contributed by atoms with Crippen LogP contribution in [0.15, 0.2) is 218 Å². The molecule has 0 spiro atoms. The van der Waals surface area contributed by atoms with Gasteiger partial charge in [-0.15, -0.1) is 0 Å². The van der Waals surface area contributed by atoms with Crippen molar-refractivity contribution in [3.63, 3.8) is 0 Å². The number of benzene rings is 9. The smallest absolute Gasteiger partial charge is 0.0619 e. The van der Waals surface area contributed by atoms with E-state index in [-0.39, 0.29) is 0 Å². The monoisotopic (exact) mass is 688 g/mol. The lowest BCUT2D eigenvalue weighted by Crippen LogP contribution is -2.09. The number of hydrogen-bond donors (Lipinski definition) is 0. The quantitative estimate of drug-likeness (QED) is 0.162. The molecule has 10 rings (SSSR count). The van der Waals surface area contributed by atoms with Crippen LogP contribution in [0, 0.1) is 0 Å². The number of rotatable bonds is 7. The number of anilines is 3. The highest BCUT2D eigenvalue weighted by Gasteiger charge is 2.19. The maximum atomic E-state index is 2.44. The molecule has 54 heavy (non-hydrogen) atoms. The van der Waals surface area contributed by atoms with E-state index in [0.29, 0.717) is 0 Å². The summed E-state index contributed by atoms with van der Waals surface area (Å²) in [5, 5.41) is 5.00. The van der Waals surface area contributed by atoms with Crippen molar-refractivity contribution in [1.29, 1.82) is 0 Å². The Morgan fingerprint density at radius 2 is 0.907 bits per heavy atom. The Balaban J connectivity index is 1.11. The average Bonchev–Trinajstić information content (AvgIpc) is 3.60. The van der Waals surface area contributed by atoms with Gasteiger partial charge in [0.2, 0.25) is 0 Å². The fourth-order valence-corrected chi connectivity index (χ4v) is 8.06. The van der Waals surface area contributed by atoms with E-state index in [1.807, 2.05) is 0 Å². The molecule has 0 aliphatic rings. The Morgan fingerprint density at radius 1 is 0.333 bits per heavy atom. The molecule has 0 fully saturated rings. The van der Waals surface area contributed by atoms with E-state index in [0.717, 1.165) is 22.7 Å². The summed E-state index contributed by atoms with van der Waals surface area (Å²) >= 11 is 0. The van der Waals surface area contributed by atoms with Crippen molar-refractivity contribution in [2.24, 2.45) is 0 Å². The second-order valence-electron chi connectivity index (χ2n) is 13.8. The van der Waals surface area contributed by atoms with Gasteiger partial charge in [-0.2, -0.15) is 0 Å². The van der Waals surface area contributed by atoms with E-state index in [4.69, 9.17) is 0 Å². The SMILES string of the molecule is c1ccc(-c2cccc(-c3ccc(N(c4ccccc4)c4cccc(-c5cccc6c5c5ccc7ccccc7c5n6-c5ccccc5)c4)cc3)c2)cc1. The fraction of sp³-hybridized carbons (Fsp3) is 0. The van der Waals surface area contributed by atoms with Crippen LogP contribution < -0.4 is 4.90 Å². The number of fused-ring (bicyclic) bond motifs is 5. The highest BCUT2D eigenvalue weighted by Crippen LogP contribution is 2.43. The van der Waals surface area contributed by atoms with Crippen molar-refractivity contribution in [3.8, 4) is 39.1 Å². The number of nitrogens with zero attached hydrogens (tertiary/aromatic N) is 2. The first-order valence-electron chi connectivity index (χ1n) is 18.5. The van der Waals surface area contributed by atoms with E-state index in [9.17, 15) is 0 Å². The third-order valence-electron chi connectivity index (χ3n) is 10.5. The first-order valence-corrected chi connectivity index (χ1v) is 18.5. The van der Waals surface area contributed by atoms with E-state index in [1.165, 1.54) is 66.0 Å². The molecule has 0 atom stereocenters. The van der Waals surface area contributed by atoms with Crippen molar-refractivity contribution in [3.05, 3.63) is 218 Å². The topological polar surface area (TPSA) is 8.17 Å². The summed E-state index contributed by atoms with van der Waals surface area (Å²) in [6, 6.07) is 78.8. The molecule has 254 valence electrons. The summed E-state index contributed by atoms with van der Waals surface area (Å²) in [6.45, 7) is 0. The highest BCUT2D eigenvalue weighted by molar-refractivity contribution is 6.22. The minimum Gasteiger partial charge on any atom is -0.310 e. The first-order chi connectivity index (χ1) is 26.8. The van der Waals surface area contributed by atoms with Crippen molar-refractivity contribution in [1.82, 2.24) is 4.57 Å². The number of hydrogen-bond acceptors (Lipinski definition) is 1. The Labute approximate surface area is 315 Å². The summed E-state index contributed by atoms with van der Waals surface area (Å²) in [5.74, 6) is 0. The van der Waals surface area contributed by atoms with E-state index in [2.05, 4.69) is 228 Å². The van der Waals surface area contributed by atoms with E-state index >= 15 is 0 Å². The zero-order valence-electron chi connectivity index (χ0n) is 29.7. The zero-order chi connectivity index (χ0) is 35.8. The molecule has 0 aliphatic carbocycles. The van der Waals surface area contributed by atoms with E-state index < -0.39 is 0 Å². The van der Waals surface area contributed by atoms with Gasteiger partial charge in [-0.1, -0.05) is 158 Å². The van der Waals surface area contributed by atoms with Crippen LogP contribution in [0.3, 0.4) is 0 Å². The summed E-state index contributed by atoms with van der Waals surface area (Å²) in [5.41, 5.74) is 14.1. The summed E-state index contributed by atoms with van der Waals surface area (Å²) < 4.78 is 2.44. The Morgan fingerprint density at radius 3 is 1.69 bits per heavy atom. The molecule has 2 nitrogen and oxygen atoms in total. The van der Waals surface area contributed by atoms with Gasteiger partial charge in [-0.3, -0.25) is 0 Å². The Bertz CT molecular complexity index is 2910. The molecular weight excluding hydrogens is 653 g/mol. The highest BCUT2D eigenvalue weighted by atomic mass is 15.1.